The van der Waals surface area contributed by atoms with Crippen LogP contribution in [0.5, 0.6) is 5.75 Å². The molecule has 164 valence electrons. The highest BCUT2D eigenvalue weighted by molar-refractivity contribution is 7.99. The van der Waals surface area contributed by atoms with Gasteiger partial charge in [0, 0.05) is 5.69 Å². The van der Waals surface area contributed by atoms with Crippen molar-refractivity contribution in [2.45, 2.75) is 51.6 Å². The van der Waals surface area contributed by atoms with Gasteiger partial charge < -0.3 is 10.1 Å². The topological polar surface area (TPSA) is 81.9 Å². The lowest BCUT2D eigenvalue weighted by Gasteiger charge is -2.20. The number of carbonyl (C=O) groups is 1. The maximum atomic E-state index is 12.8. The first kappa shape index (κ1) is 22.8. The predicted octanol–water partition coefficient (Wildman–Crippen LogP) is 5.04. The van der Waals surface area contributed by atoms with E-state index in [0.717, 1.165) is 22.5 Å². The van der Waals surface area contributed by atoms with Crippen molar-refractivity contribution in [2.75, 3.05) is 17.7 Å². The number of benzene rings is 2. The summed E-state index contributed by atoms with van der Waals surface area (Å²) in [6.07, 6.45) is 0. The van der Waals surface area contributed by atoms with Crippen LogP contribution in [0.1, 0.15) is 57.6 Å². The van der Waals surface area contributed by atoms with E-state index in [-0.39, 0.29) is 11.7 Å². The van der Waals surface area contributed by atoms with Crippen molar-refractivity contribution in [2.24, 2.45) is 0 Å². The third kappa shape index (κ3) is 5.44. The van der Waals surface area contributed by atoms with Gasteiger partial charge in [-0.1, -0.05) is 69.8 Å². The third-order valence-corrected chi connectivity index (χ3v) is 5.72. The van der Waals surface area contributed by atoms with Gasteiger partial charge in [-0.05, 0) is 52.4 Å². The highest BCUT2D eigenvalue weighted by atomic mass is 32.2. The molecule has 3 rings (SSSR count). The highest BCUT2D eigenvalue weighted by Gasteiger charge is 2.18. The molecule has 0 aliphatic heterocycles. The van der Waals surface area contributed by atoms with Gasteiger partial charge in [0.1, 0.15) is 11.4 Å². The zero-order valence-corrected chi connectivity index (χ0v) is 19.4. The van der Waals surface area contributed by atoms with Gasteiger partial charge in [-0.2, -0.15) is 4.68 Å². The number of para-hydroxylation sites is 3. The number of nitrogens with zero attached hydrogens (tertiary/aromatic N) is 4. The molecular weight excluding hydrogens is 410 g/mol. The summed E-state index contributed by atoms with van der Waals surface area (Å²) in [5.74, 6) is 1.41. The molecule has 1 amide bonds. The number of amides is 1. The van der Waals surface area contributed by atoms with Crippen molar-refractivity contribution in [1.82, 2.24) is 20.2 Å². The molecule has 0 aliphatic carbocycles. The Hall–Kier alpha value is -2.87. The number of rotatable bonds is 9. The summed E-state index contributed by atoms with van der Waals surface area (Å²) in [5.41, 5.74) is 3.93. The second-order valence-electron chi connectivity index (χ2n) is 7.73. The van der Waals surface area contributed by atoms with Crippen LogP contribution < -0.4 is 10.1 Å². The van der Waals surface area contributed by atoms with Gasteiger partial charge in [0.05, 0.1) is 12.4 Å². The normalized spacial score (nSPS) is 11.2. The van der Waals surface area contributed by atoms with E-state index in [0.29, 0.717) is 29.3 Å². The summed E-state index contributed by atoms with van der Waals surface area (Å²) in [5, 5.41) is 15.6. The van der Waals surface area contributed by atoms with Crippen LogP contribution in [0.4, 0.5) is 5.69 Å². The summed E-state index contributed by atoms with van der Waals surface area (Å²) in [7, 11) is 0. The summed E-state index contributed by atoms with van der Waals surface area (Å²) in [6, 6.07) is 13.8. The molecule has 0 saturated carbocycles. The second-order valence-corrected chi connectivity index (χ2v) is 8.67. The monoisotopic (exact) mass is 439 g/mol. The van der Waals surface area contributed by atoms with E-state index < -0.39 is 0 Å². The number of carbonyl (C=O) groups excluding carboxylic acids is 1. The van der Waals surface area contributed by atoms with E-state index in [1.54, 1.807) is 4.68 Å². The minimum atomic E-state index is -0.0901. The van der Waals surface area contributed by atoms with E-state index in [1.807, 2.05) is 31.2 Å². The standard InChI is InChI=1S/C23H29N5O2S/c1-6-30-20-13-8-7-12-19(20)28-23(25-26-27-28)31-14-21(29)24-22-17(15(2)3)10-9-11-18(22)16(4)5/h7-13,15-16H,6,14H2,1-5H3,(H,24,29). The van der Waals surface area contributed by atoms with Crippen molar-refractivity contribution in [3.05, 3.63) is 53.6 Å². The van der Waals surface area contributed by atoms with Crippen LogP contribution in [0.25, 0.3) is 5.69 Å². The quantitative estimate of drug-likeness (QED) is 0.471. The number of aromatic nitrogens is 4. The summed E-state index contributed by atoms with van der Waals surface area (Å²) in [4.78, 5) is 12.8. The van der Waals surface area contributed by atoms with E-state index in [9.17, 15) is 4.79 Å². The van der Waals surface area contributed by atoms with Crippen molar-refractivity contribution < 1.29 is 9.53 Å². The number of ether oxygens (including phenoxy) is 1. The number of tetrazole rings is 1. The molecule has 0 radical (unpaired) electrons. The Morgan fingerprint density at radius 1 is 1.06 bits per heavy atom. The largest absolute Gasteiger partial charge is 0.492 e. The molecule has 0 fully saturated rings. The molecule has 2 aromatic carbocycles. The smallest absolute Gasteiger partial charge is 0.234 e. The van der Waals surface area contributed by atoms with Crippen molar-refractivity contribution in [3.8, 4) is 11.4 Å². The molecule has 3 aromatic rings. The lowest BCUT2D eigenvalue weighted by molar-refractivity contribution is -0.113. The maximum absolute atomic E-state index is 12.8. The molecule has 1 N–H and O–H groups in total. The van der Waals surface area contributed by atoms with E-state index in [2.05, 4.69) is 66.7 Å². The fraction of sp³-hybridized carbons (Fsp3) is 0.391. The molecule has 0 spiro atoms. The van der Waals surface area contributed by atoms with E-state index in [4.69, 9.17) is 4.74 Å². The Morgan fingerprint density at radius 3 is 2.39 bits per heavy atom. The van der Waals surface area contributed by atoms with Gasteiger partial charge in [0.25, 0.3) is 0 Å². The molecule has 31 heavy (non-hydrogen) atoms. The van der Waals surface area contributed by atoms with Crippen LogP contribution in [0.15, 0.2) is 47.6 Å². The minimum Gasteiger partial charge on any atom is -0.492 e. The molecular formula is C23H29N5O2S. The number of nitrogens with one attached hydrogen (secondary N) is 1. The van der Waals surface area contributed by atoms with E-state index >= 15 is 0 Å². The van der Waals surface area contributed by atoms with Gasteiger partial charge in [-0.15, -0.1) is 5.10 Å². The molecule has 0 saturated heterocycles. The molecule has 0 aliphatic rings. The minimum absolute atomic E-state index is 0.0901. The van der Waals surface area contributed by atoms with Crippen LogP contribution in [0.3, 0.4) is 0 Å². The Balaban J connectivity index is 1.77. The highest BCUT2D eigenvalue weighted by Crippen LogP contribution is 2.33. The van der Waals surface area contributed by atoms with Crippen molar-refractivity contribution in [1.29, 1.82) is 0 Å². The molecule has 0 unspecified atom stereocenters. The number of anilines is 1. The van der Waals surface area contributed by atoms with Gasteiger partial charge in [-0.3, -0.25) is 4.79 Å². The van der Waals surface area contributed by atoms with Crippen LogP contribution in [0.2, 0.25) is 0 Å². The summed E-state index contributed by atoms with van der Waals surface area (Å²) < 4.78 is 7.29. The first-order valence-electron chi connectivity index (χ1n) is 10.5. The Bertz CT molecular complexity index is 1010. The average molecular weight is 440 g/mol. The average Bonchev–Trinajstić information content (AvgIpc) is 3.21. The number of hydrogen-bond donors (Lipinski definition) is 1. The second kappa shape index (κ2) is 10.4. The predicted molar refractivity (Wildman–Crippen MR) is 124 cm³/mol. The van der Waals surface area contributed by atoms with Crippen LogP contribution >= 0.6 is 11.8 Å². The Morgan fingerprint density at radius 2 is 1.74 bits per heavy atom. The summed E-state index contributed by atoms with van der Waals surface area (Å²) in [6.45, 7) is 11.0. The Kier molecular flexibility index (Phi) is 7.68. The zero-order valence-electron chi connectivity index (χ0n) is 18.6. The Labute approximate surface area is 187 Å². The number of thioether (sulfide) groups is 1. The lowest BCUT2D eigenvalue weighted by Crippen LogP contribution is -2.18. The van der Waals surface area contributed by atoms with Gasteiger partial charge in [-0.25, -0.2) is 0 Å². The van der Waals surface area contributed by atoms with Crippen LogP contribution in [0, 0.1) is 0 Å². The van der Waals surface area contributed by atoms with Gasteiger partial charge in [0.2, 0.25) is 11.1 Å². The molecule has 1 heterocycles. The molecule has 0 atom stereocenters. The fourth-order valence-corrected chi connectivity index (χ4v) is 4.01. The van der Waals surface area contributed by atoms with Crippen molar-refractivity contribution >= 4 is 23.4 Å². The summed E-state index contributed by atoms with van der Waals surface area (Å²) >= 11 is 1.29. The van der Waals surface area contributed by atoms with Gasteiger partial charge in [0.15, 0.2) is 0 Å². The molecule has 8 heteroatoms. The first-order valence-corrected chi connectivity index (χ1v) is 11.5. The van der Waals surface area contributed by atoms with Crippen molar-refractivity contribution in [3.63, 3.8) is 0 Å². The lowest BCUT2D eigenvalue weighted by atomic mass is 9.92. The SMILES string of the molecule is CCOc1ccccc1-n1nnnc1SCC(=O)Nc1c(C(C)C)cccc1C(C)C. The maximum Gasteiger partial charge on any atom is 0.234 e. The molecule has 7 nitrogen and oxygen atoms in total. The zero-order chi connectivity index (χ0) is 22.4. The number of hydrogen-bond acceptors (Lipinski definition) is 6. The van der Waals surface area contributed by atoms with Crippen LogP contribution in [-0.2, 0) is 4.79 Å². The molecule has 1 aromatic heterocycles. The first-order chi connectivity index (χ1) is 14.9. The van der Waals surface area contributed by atoms with Crippen LogP contribution in [-0.4, -0.2) is 38.5 Å². The molecule has 0 bridgehead atoms. The van der Waals surface area contributed by atoms with E-state index in [1.165, 1.54) is 11.8 Å². The third-order valence-electron chi connectivity index (χ3n) is 4.80. The fourth-order valence-electron chi connectivity index (χ4n) is 3.33. The van der Waals surface area contributed by atoms with Gasteiger partial charge >= 0.3 is 0 Å².